The summed E-state index contributed by atoms with van der Waals surface area (Å²) in [5.41, 5.74) is 3.72. The quantitative estimate of drug-likeness (QED) is 0.639. The second-order valence-corrected chi connectivity index (χ2v) is 6.80. The minimum atomic E-state index is -0.882. The molecule has 1 N–H and O–H groups in total. The molecule has 0 fully saturated rings. The Balaban J connectivity index is 1.54. The lowest BCUT2D eigenvalue weighted by Gasteiger charge is -2.27. The highest BCUT2D eigenvalue weighted by atomic mass is 16.5. The van der Waals surface area contributed by atoms with Crippen molar-refractivity contribution in [1.29, 1.82) is 5.26 Å². The Hall–Kier alpha value is -3.39. The van der Waals surface area contributed by atoms with Crippen LogP contribution in [-0.2, 0) is 20.7 Å². The Bertz CT molecular complexity index is 926. The number of benzene rings is 2. The number of rotatable bonds is 5. The van der Waals surface area contributed by atoms with Gasteiger partial charge in [0.05, 0.1) is 17.7 Å². The Kier molecular flexibility index (Phi) is 6.23. The Morgan fingerprint density at radius 2 is 1.96 bits per heavy atom. The van der Waals surface area contributed by atoms with Crippen LogP contribution in [0.15, 0.2) is 54.6 Å². The average Bonchev–Trinajstić information content (AvgIpc) is 2.73. The standard InChI is InChI=1S/C23H22N2O3/c1-16(28-22(26)14-13-17-9-11-18(15-24)12-10-17)23(27)25-21-8-4-6-19-5-2-3-7-20(19)21/h2-3,5,7,9-14,16,21H,4,6,8H2,1H3,(H,25,27)/b14-13+/t16-,21+/m0/s1. The molecule has 28 heavy (non-hydrogen) atoms. The lowest BCUT2D eigenvalue weighted by atomic mass is 9.87. The van der Waals surface area contributed by atoms with Gasteiger partial charge in [0.15, 0.2) is 6.10 Å². The normalized spacial score (nSPS) is 16.6. The van der Waals surface area contributed by atoms with E-state index in [0.29, 0.717) is 5.56 Å². The molecule has 0 bridgehead atoms. The van der Waals surface area contributed by atoms with E-state index < -0.39 is 12.1 Å². The van der Waals surface area contributed by atoms with Crippen molar-refractivity contribution in [3.05, 3.63) is 76.9 Å². The van der Waals surface area contributed by atoms with E-state index in [2.05, 4.69) is 11.4 Å². The average molecular weight is 374 g/mol. The molecular weight excluding hydrogens is 352 g/mol. The van der Waals surface area contributed by atoms with E-state index in [1.807, 2.05) is 24.3 Å². The van der Waals surface area contributed by atoms with Crippen LogP contribution in [0.4, 0.5) is 0 Å². The fraction of sp³-hybridized carbons (Fsp3) is 0.261. The van der Waals surface area contributed by atoms with Gasteiger partial charge >= 0.3 is 5.97 Å². The molecule has 0 aliphatic heterocycles. The third kappa shape index (κ3) is 4.86. The SMILES string of the molecule is C[C@H](OC(=O)/C=C/c1ccc(C#N)cc1)C(=O)N[C@@H]1CCCc2ccccc21. The number of carbonyl (C=O) groups is 2. The fourth-order valence-electron chi connectivity index (χ4n) is 3.29. The molecule has 1 aliphatic rings. The second-order valence-electron chi connectivity index (χ2n) is 6.80. The lowest BCUT2D eigenvalue weighted by molar-refractivity contribution is -0.150. The van der Waals surface area contributed by atoms with Crippen LogP contribution in [0.3, 0.4) is 0 Å². The van der Waals surface area contributed by atoms with Gasteiger partial charge in [-0.15, -0.1) is 0 Å². The molecule has 142 valence electrons. The lowest BCUT2D eigenvalue weighted by Crippen LogP contribution is -2.39. The highest BCUT2D eigenvalue weighted by Crippen LogP contribution is 2.29. The van der Waals surface area contributed by atoms with E-state index >= 15 is 0 Å². The number of carbonyl (C=O) groups excluding carboxylic acids is 2. The number of hydrogen-bond acceptors (Lipinski definition) is 4. The van der Waals surface area contributed by atoms with Gasteiger partial charge in [-0.25, -0.2) is 4.79 Å². The Morgan fingerprint density at radius 3 is 2.71 bits per heavy atom. The number of nitriles is 1. The Labute approximate surface area is 164 Å². The number of ether oxygens (including phenoxy) is 1. The largest absolute Gasteiger partial charge is 0.449 e. The van der Waals surface area contributed by atoms with Crippen LogP contribution >= 0.6 is 0 Å². The summed E-state index contributed by atoms with van der Waals surface area (Å²) in [5, 5.41) is 11.8. The number of aryl methyl sites for hydroxylation is 1. The van der Waals surface area contributed by atoms with Gasteiger partial charge in [0.1, 0.15) is 0 Å². The van der Waals surface area contributed by atoms with E-state index in [1.165, 1.54) is 11.6 Å². The first kappa shape index (κ1) is 19.4. The summed E-state index contributed by atoms with van der Waals surface area (Å²) in [7, 11) is 0. The van der Waals surface area contributed by atoms with Crippen molar-refractivity contribution in [1.82, 2.24) is 5.32 Å². The summed E-state index contributed by atoms with van der Waals surface area (Å²) >= 11 is 0. The summed E-state index contributed by atoms with van der Waals surface area (Å²) in [6.07, 6.45) is 4.90. The molecule has 0 aromatic heterocycles. The monoisotopic (exact) mass is 374 g/mol. The van der Waals surface area contributed by atoms with Gasteiger partial charge in [0.2, 0.25) is 0 Å². The maximum Gasteiger partial charge on any atom is 0.331 e. The summed E-state index contributed by atoms with van der Waals surface area (Å²) in [6.45, 7) is 1.57. The number of hydrogen-bond donors (Lipinski definition) is 1. The highest BCUT2D eigenvalue weighted by molar-refractivity contribution is 5.90. The zero-order valence-corrected chi connectivity index (χ0v) is 15.7. The zero-order chi connectivity index (χ0) is 19.9. The molecular formula is C23H22N2O3. The highest BCUT2D eigenvalue weighted by Gasteiger charge is 2.24. The predicted molar refractivity (Wildman–Crippen MR) is 106 cm³/mol. The molecule has 2 aromatic rings. The number of nitrogens with zero attached hydrogens (tertiary/aromatic N) is 1. The van der Waals surface area contributed by atoms with Gasteiger partial charge in [-0.05, 0) is 61.1 Å². The van der Waals surface area contributed by atoms with E-state index in [4.69, 9.17) is 10.00 Å². The smallest absolute Gasteiger partial charge is 0.331 e. The first-order chi connectivity index (χ1) is 13.6. The van der Waals surface area contributed by atoms with Crippen molar-refractivity contribution in [3.8, 4) is 6.07 Å². The number of esters is 1. The second kappa shape index (κ2) is 9.01. The van der Waals surface area contributed by atoms with Gasteiger partial charge in [0.25, 0.3) is 5.91 Å². The molecule has 2 atom stereocenters. The first-order valence-electron chi connectivity index (χ1n) is 9.34. The van der Waals surface area contributed by atoms with Crippen molar-refractivity contribution >= 4 is 18.0 Å². The molecule has 5 nitrogen and oxygen atoms in total. The molecule has 5 heteroatoms. The van der Waals surface area contributed by atoms with Gasteiger partial charge < -0.3 is 10.1 Å². The van der Waals surface area contributed by atoms with Crippen molar-refractivity contribution in [2.75, 3.05) is 0 Å². The molecule has 0 unspecified atom stereocenters. The van der Waals surface area contributed by atoms with Gasteiger partial charge in [-0.2, -0.15) is 5.26 Å². The number of nitrogens with one attached hydrogen (secondary N) is 1. The molecule has 2 aromatic carbocycles. The van der Waals surface area contributed by atoms with Crippen molar-refractivity contribution in [2.24, 2.45) is 0 Å². The van der Waals surface area contributed by atoms with Crippen LogP contribution in [0.2, 0.25) is 0 Å². The third-order valence-corrected chi connectivity index (χ3v) is 4.80. The molecule has 1 amide bonds. The zero-order valence-electron chi connectivity index (χ0n) is 15.7. The van der Waals surface area contributed by atoms with E-state index in [1.54, 1.807) is 37.3 Å². The third-order valence-electron chi connectivity index (χ3n) is 4.80. The van der Waals surface area contributed by atoms with Gasteiger partial charge in [-0.1, -0.05) is 36.4 Å². The number of fused-ring (bicyclic) bond motifs is 1. The minimum absolute atomic E-state index is 0.0483. The molecule has 1 aliphatic carbocycles. The molecule has 0 spiro atoms. The van der Waals surface area contributed by atoms with Crippen LogP contribution in [0.25, 0.3) is 6.08 Å². The maximum atomic E-state index is 12.5. The molecule has 0 saturated carbocycles. The van der Waals surface area contributed by atoms with Gasteiger partial charge in [-0.3, -0.25) is 4.79 Å². The fourth-order valence-corrected chi connectivity index (χ4v) is 3.29. The van der Waals surface area contributed by atoms with Crippen LogP contribution in [0.1, 0.15) is 48.1 Å². The van der Waals surface area contributed by atoms with Crippen LogP contribution in [0, 0.1) is 11.3 Å². The molecule has 3 rings (SSSR count). The maximum absolute atomic E-state index is 12.5. The summed E-state index contributed by atoms with van der Waals surface area (Å²) in [4.78, 5) is 24.5. The molecule has 0 saturated heterocycles. The topological polar surface area (TPSA) is 79.2 Å². The van der Waals surface area contributed by atoms with Crippen molar-refractivity contribution in [3.63, 3.8) is 0 Å². The van der Waals surface area contributed by atoms with Crippen molar-refractivity contribution in [2.45, 2.75) is 38.3 Å². The van der Waals surface area contributed by atoms with E-state index in [0.717, 1.165) is 30.4 Å². The molecule has 0 heterocycles. The predicted octanol–water partition coefficient (Wildman–Crippen LogP) is 3.70. The van der Waals surface area contributed by atoms with Crippen LogP contribution < -0.4 is 5.32 Å². The van der Waals surface area contributed by atoms with Gasteiger partial charge in [0, 0.05) is 6.08 Å². The minimum Gasteiger partial charge on any atom is -0.449 e. The van der Waals surface area contributed by atoms with Crippen LogP contribution in [0.5, 0.6) is 0 Å². The summed E-state index contributed by atoms with van der Waals surface area (Å²) in [5.74, 6) is -0.891. The number of amides is 1. The van der Waals surface area contributed by atoms with Crippen LogP contribution in [-0.4, -0.2) is 18.0 Å². The van der Waals surface area contributed by atoms with Crippen molar-refractivity contribution < 1.29 is 14.3 Å². The van der Waals surface area contributed by atoms with E-state index in [-0.39, 0.29) is 11.9 Å². The molecule has 0 radical (unpaired) electrons. The summed E-state index contributed by atoms with van der Waals surface area (Å²) in [6, 6.07) is 16.9. The first-order valence-corrected chi connectivity index (χ1v) is 9.34. The van der Waals surface area contributed by atoms with E-state index in [9.17, 15) is 9.59 Å². The summed E-state index contributed by atoms with van der Waals surface area (Å²) < 4.78 is 5.22. The Morgan fingerprint density at radius 1 is 1.21 bits per heavy atom.